The van der Waals surface area contributed by atoms with Crippen molar-refractivity contribution >= 4 is 0 Å². The summed E-state index contributed by atoms with van der Waals surface area (Å²) >= 11 is 0. The van der Waals surface area contributed by atoms with Gasteiger partial charge in [-0.3, -0.25) is 0 Å². The molecule has 0 amide bonds. The zero-order chi connectivity index (χ0) is 13.6. The van der Waals surface area contributed by atoms with Gasteiger partial charge < -0.3 is 15.5 Å². The van der Waals surface area contributed by atoms with Crippen molar-refractivity contribution in [2.45, 2.75) is 33.2 Å². The molecule has 1 aromatic rings. The molecule has 0 atom stereocenters. The summed E-state index contributed by atoms with van der Waals surface area (Å²) in [6, 6.07) is 4.05. The molecule has 0 heterocycles. The van der Waals surface area contributed by atoms with Crippen molar-refractivity contribution in [1.82, 2.24) is 5.32 Å². The summed E-state index contributed by atoms with van der Waals surface area (Å²) in [5.41, 5.74) is 0.823. The second-order valence-corrected chi connectivity index (χ2v) is 5.41. The van der Waals surface area contributed by atoms with E-state index in [-0.39, 0.29) is 17.8 Å². The van der Waals surface area contributed by atoms with Crippen LogP contribution in [-0.4, -0.2) is 23.4 Å². The predicted octanol–water partition coefficient (Wildman–Crippen LogP) is 2.42. The van der Waals surface area contributed by atoms with E-state index in [2.05, 4.69) is 19.2 Å². The van der Waals surface area contributed by atoms with Crippen LogP contribution in [-0.2, 0) is 6.54 Å². The Bertz CT molecular complexity index is 360. The minimum absolute atomic E-state index is 0.0497. The summed E-state index contributed by atoms with van der Waals surface area (Å²) in [5, 5.41) is 21.3. The van der Waals surface area contributed by atoms with Crippen LogP contribution in [0.3, 0.4) is 0 Å². The van der Waals surface area contributed by atoms with Crippen LogP contribution in [0.1, 0.15) is 32.3 Å². The van der Waals surface area contributed by atoms with E-state index in [1.807, 2.05) is 0 Å². The lowest BCUT2D eigenvalue weighted by Crippen LogP contribution is -2.29. The van der Waals surface area contributed by atoms with E-state index in [1.54, 1.807) is 6.07 Å². The van der Waals surface area contributed by atoms with Gasteiger partial charge in [0.25, 0.3) is 0 Å². The Morgan fingerprint density at radius 1 is 1.28 bits per heavy atom. The smallest absolute Gasteiger partial charge is 0.127 e. The first-order valence-electron chi connectivity index (χ1n) is 6.23. The standard InChI is InChI=1S/C14H22FNO2/c1-14(2,4-3-5-17)10-16-9-11-6-12(15)8-13(18)7-11/h6-8,16-18H,3-5,9-10H2,1-2H3. The monoisotopic (exact) mass is 255 g/mol. The summed E-state index contributed by atoms with van der Waals surface area (Å²) < 4.78 is 13.0. The second kappa shape index (κ2) is 6.71. The van der Waals surface area contributed by atoms with Gasteiger partial charge in [-0.1, -0.05) is 13.8 Å². The molecule has 0 spiro atoms. The number of nitrogens with one attached hydrogen (secondary N) is 1. The third-order valence-corrected chi connectivity index (χ3v) is 2.89. The minimum Gasteiger partial charge on any atom is -0.508 e. The van der Waals surface area contributed by atoms with E-state index in [1.165, 1.54) is 6.07 Å². The zero-order valence-electron chi connectivity index (χ0n) is 11.0. The molecule has 0 unspecified atom stereocenters. The third-order valence-electron chi connectivity index (χ3n) is 2.89. The number of aromatic hydroxyl groups is 1. The number of halogens is 1. The van der Waals surface area contributed by atoms with Gasteiger partial charge in [0.2, 0.25) is 0 Å². The van der Waals surface area contributed by atoms with Crippen LogP contribution in [0.15, 0.2) is 18.2 Å². The van der Waals surface area contributed by atoms with Crippen LogP contribution in [0, 0.1) is 11.2 Å². The topological polar surface area (TPSA) is 52.5 Å². The molecular formula is C14H22FNO2. The molecule has 0 aromatic heterocycles. The molecule has 3 N–H and O–H groups in total. The Morgan fingerprint density at radius 3 is 2.61 bits per heavy atom. The van der Waals surface area contributed by atoms with Crippen LogP contribution in [0.5, 0.6) is 5.75 Å². The number of rotatable bonds is 7. The maximum Gasteiger partial charge on any atom is 0.127 e. The lowest BCUT2D eigenvalue weighted by Gasteiger charge is -2.24. The van der Waals surface area contributed by atoms with Gasteiger partial charge in [-0.15, -0.1) is 0 Å². The molecule has 18 heavy (non-hydrogen) atoms. The van der Waals surface area contributed by atoms with Gasteiger partial charge in [-0.2, -0.15) is 0 Å². The highest BCUT2D eigenvalue weighted by atomic mass is 19.1. The first kappa shape index (κ1) is 14.9. The van der Waals surface area contributed by atoms with Crippen LogP contribution < -0.4 is 5.32 Å². The van der Waals surface area contributed by atoms with Crippen LogP contribution >= 0.6 is 0 Å². The first-order valence-corrected chi connectivity index (χ1v) is 6.23. The molecule has 0 saturated carbocycles. The summed E-state index contributed by atoms with van der Waals surface area (Å²) in [4.78, 5) is 0. The average molecular weight is 255 g/mol. The quantitative estimate of drug-likeness (QED) is 0.701. The summed E-state index contributed by atoms with van der Waals surface area (Å²) in [6.07, 6.45) is 1.72. The molecule has 0 aliphatic carbocycles. The molecule has 0 bridgehead atoms. The number of hydrogen-bond donors (Lipinski definition) is 3. The van der Waals surface area contributed by atoms with Crippen LogP contribution in [0.2, 0.25) is 0 Å². The van der Waals surface area contributed by atoms with Crippen molar-refractivity contribution in [3.8, 4) is 5.75 Å². The molecule has 3 nitrogen and oxygen atoms in total. The molecular weight excluding hydrogens is 233 g/mol. The van der Waals surface area contributed by atoms with Gasteiger partial charge in [-0.05, 0) is 36.0 Å². The Hall–Kier alpha value is -1.13. The highest BCUT2D eigenvalue weighted by Gasteiger charge is 2.16. The minimum atomic E-state index is -0.425. The summed E-state index contributed by atoms with van der Waals surface area (Å²) in [6.45, 7) is 5.76. The Balaban J connectivity index is 2.41. The van der Waals surface area contributed by atoms with Gasteiger partial charge in [-0.25, -0.2) is 4.39 Å². The van der Waals surface area contributed by atoms with Gasteiger partial charge in [0.05, 0.1) is 0 Å². The average Bonchev–Trinajstić information content (AvgIpc) is 2.25. The maximum atomic E-state index is 13.0. The SMILES string of the molecule is CC(C)(CCCO)CNCc1cc(O)cc(F)c1. The first-order chi connectivity index (χ1) is 8.43. The van der Waals surface area contributed by atoms with E-state index in [0.717, 1.165) is 31.0 Å². The fraction of sp³-hybridized carbons (Fsp3) is 0.571. The lowest BCUT2D eigenvalue weighted by atomic mass is 9.88. The molecule has 102 valence electrons. The van der Waals surface area contributed by atoms with Gasteiger partial charge in [0.1, 0.15) is 11.6 Å². The largest absolute Gasteiger partial charge is 0.508 e. The predicted molar refractivity (Wildman–Crippen MR) is 69.9 cm³/mol. The highest BCUT2D eigenvalue weighted by Crippen LogP contribution is 2.21. The third kappa shape index (κ3) is 5.47. The Labute approximate surface area is 108 Å². The molecule has 1 aromatic carbocycles. The molecule has 0 saturated heterocycles. The number of aliphatic hydroxyl groups excluding tert-OH is 1. The molecule has 0 aliphatic rings. The van der Waals surface area contributed by atoms with Crippen LogP contribution in [0.4, 0.5) is 4.39 Å². The Morgan fingerprint density at radius 2 is 2.00 bits per heavy atom. The number of phenolic OH excluding ortho intramolecular Hbond substituents is 1. The van der Waals surface area contributed by atoms with Crippen LogP contribution in [0.25, 0.3) is 0 Å². The Kier molecular flexibility index (Phi) is 5.56. The number of hydrogen-bond acceptors (Lipinski definition) is 3. The van der Waals surface area contributed by atoms with Crippen molar-refractivity contribution < 1.29 is 14.6 Å². The van der Waals surface area contributed by atoms with E-state index in [4.69, 9.17) is 5.11 Å². The number of aliphatic hydroxyl groups is 1. The van der Waals surface area contributed by atoms with Crippen molar-refractivity contribution in [2.75, 3.05) is 13.2 Å². The number of phenols is 1. The van der Waals surface area contributed by atoms with E-state index in [0.29, 0.717) is 6.54 Å². The number of benzene rings is 1. The van der Waals surface area contributed by atoms with Crippen molar-refractivity contribution in [3.05, 3.63) is 29.6 Å². The fourth-order valence-corrected chi connectivity index (χ4v) is 1.93. The van der Waals surface area contributed by atoms with Gasteiger partial charge in [0, 0.05) is 25.8 Å². The maximum absolute atomic E-state index is 13.0. The fourth-order valence-electron chi connectivity index (χ4n) is 1.93. The molecule has 0 fully saturated rings. The van der Waals surface area contributed by atoms with Gasteiger partial charge in [0.15, 0.2) is 0 Å². The van der Waals surface area contributed by atoms with Crippen molar-refractivity contribution in [3.63, 3.8) is 0 Å². The van der Waals surface area contributed by atoms with Crippen molar-refractivity contribution in [1.29, 1.82) is 0 Å². The highest BCUT2D eigenvalue weighted by molar-refractivity contribution is 5.28. The molecule has 0 radical (unpaired) electrons. The summed E-state index contributed by atoms with van der Waals surface area (Å²) in [7, 11) is 0. The lowest BCUT2D eigenvalue weighted by molar-refractivity contribution is 0.236. The summed E-state index contributed by atoms with van der Waals surface area (Å²) in [5.74, 6) is -0.474. The van der Waals surface area contributed by atoms with E-state index in [9.17, 15) is 9.50 Å². The van der Waals surface area contributed by atoms with E-state index >= 15 is 0 Å². The normalized spacial score (nSPS) is 11.8. The molecule has 0 aliphatic heterocycles. The zero-order valence-corrected chi connectivity index (χ0v) is 11.0. The molecule has 4 heteroatoms. The van der Waals surface area contributed by atoms with Crippen molar-refractivity contribution in [2.24, 2.45) is 5.41 Å². The van der Waals surface area contributed by atoms with E-state index < -0.39 is 5.82 Å². The van der Waals surface area contributed by atoms with Gasteiger partial charge >= 0.3 is 0 Å². The second-order valence-electron chi connectivity index (χ2n) is 5.41. The molecule has 1 rings (SSSR count).